The van der Waals surface area contributed by atoms with Crippen molar-refractivity contribution in [3.63, 3.8) is 0 Å². The van der Waals surface area contributed by atoms with Crippen LogP contribution in [-0.2, 0) is 11.2 Å². The van der Waals surface area contributed by atoms with E-state index in [9.17, 15) is 9.59 Å². The summed E-state index contributed by atoms with van der Waals surface area (Å²) in [7, 11) is 1.54. The van der Waals surface area contributed by atoms with E-state index in [1.54, 1.807) is 23.6 Å². The molecule has 144 valence electrons. The smallest absolute Gasteiger partial charge is 0.325 e. The second kappa shape index (κ2) is 9.01. The number of benzene rings is 2. The molecule has 0 aliphatic heterocycles. The Balaban J connectivity index is 1.55. The van der Waals surface area contributed by atoms with Gasteiger partial charge in [-0.15, -0.1) is 11.3 Å². The number of nitrogens with zero attached hydrogens (tertiary/aromatic N) is 1. The SMILES string of the molecule is COc1ccccc1NC(=O)Nc1nc(CC(=O)Nc2ccccc2C)cs1. The molecule has 3 amide bonds. The number of ether oxygens (including phenoxy) is 1. The Morgan fingerprint density at radius 3 is 2.46 bits per heavy atom. The number of amides is 3. The zero-order valence-corrected chi connectivity index (χ0v) is 16.3. The molecule has 0 aliphatic carbocycles. The summed E-state index contributed by atoms with van der Waals surface area (Å²) in [5, 5.41) is 10.4. The van der Waals surface area contributed by atoms with Gasteiger partial charge in [0.05, 0.1) is 24.9 Å². The van der Waals surface area contributed by atoms with Crippen LogP contribution in [0.1, 0.15) is 11.3 Å². The standard InChI is InChI=1S/C20H20N4O3S/c1-13-7-3-4-8-15(13)22-18(25)11-14-12-28-20(21-14)24-19(26)23-16-9-5-6-10-17(16)27-2/h3-10,12H,11H2,1-2H3,(H,22,25)(H2,21,23,24,26). The van der Waals surface area contributed by atoms with E-state index in [4.69, 9.17) is 4.74 Å². The molecule has 0 spiro atoms. The normalized spacial score (nSPS) is 10.2. The maximum absolute atomic E-state index is 12.2. The van der Waals surface area contributed by atoms with Gasteiger partial charge in [0.15, 0.2) is 5.13 Å². The number of hydrogen-bond donors (Lipinski definition) is 3. The Hall–Kier alpha value is -3.39. The maximum atomic E-state index is 12.2. The quantitative estimate of drug-likeness (QED) is 0.580. The van der Waals surface area contributed by atoms with Crippen LogP contribution in [-0.4, -0.2) is 24.0 Å². The number of rotatable bonds is 6. The Morgan fingerprint density at radius 2 is 1.71 bits per heavy atom. The number of anilines is 3. The number of carbonyl (C=O) groups is 2. The number of urea groups is 1. The van der Waals surface area contributed by atoms with Crippen molar-refractivity contribution in [2.24, 2.45) is 0 Å². The fourth-order valence-electron chi connectivity index (χ4n) is 2.52. The molecule has 3 rings (SSSR count). The number of carbonyl (C=O) groups excluding carboxylic acids is 2. The lowest BCUT2D eigenvalue weighted by Gasteiger charge is -2.09. The first-order valence-electron chi connectivity index (χ1n) is 8.56. The lowest BCUT2D eigenvalue weighted by molar-refractivity contribution is -0.115. The Kier molecular flexibility index (Phi) is 6.23. The second-order valence-electron chi connectivity index (χ2n) is 5.96. The Bertz CT molecular complexity index is 987. The van der Waals surface area contributed by atoms with E-state index in [0.29, 0.717) is 22.3 Å². The van der Waals surface area contributed by atoms with E-state index < -0.39 is 6.03 Å². The molecule has 0 fully saturated rings. The summed E-state index contributed by atoms with van der Waals surface area (Å²) in [5.41, 5.74) is 2.90. The second-order valence-corrected chi connectivity index (χ2v) is 6.82. The van der Waals surface area contributed by atoms with Crippen LogP contribution in [0.4, 0.5) is 21.3 Å². The van der Waals surface area contributed by atoms with Crippen LogP contribution in [0.25, 0.3) is 0 Å². The number of methoxy groups -OCH3 is 1. The molecule has 3 aromatic rings. The Labute approximate surface area is 166 Å². The van der Waals surface area contributed by atoms with Crippen molar-refractivity contribution in [1.29, 1.82) is 0 Å². The lowest BCUT2D eigenvalue weighted by Crippen LogP contribution is -2.20. The summed E-state index contributed by atoms with van der Waals surface area (Å²) in [6.07, 6.45) is 0.126. The van der Waals surface area contributed by atoms with Gasteiger partial charge in [0.25, 0.3) is 0 Å². The number of aryl methyl sites for hydroxylation is 1. The molecule has 0 bridgehead atoms. The van der Waals surface area contributed by atoms with Crippen LogP contribution in [0.3, 0.4) is 0 Å². The summed E-state index contributed by atoms with van der Waals surface area (Å²) >= 11 is 1.26. The molecule has 8 heteroatoms. The highest BCUT2D eigenvalue weighted by atomic mass is 32.1. The monoisotopic (exact) mass is 396 g/mol. The molecule has 7 nitrogen and oxygen atoms in total. The molecule has 0 radical (unpaired) electrons. The minimum atomic E-state index is -0.435. The highest BCUT2D eigenvalue weighted by Gasteiger charge is 2.12. The third-order valence-corrected chi connectivity index (χ3v) is 4.69. The zero-order chi connectivity index (χ0) is 19.9. The van der Waals surface area contributed by atoms with Gasteiger partial charge < -0.3 is 15.4 Å². The van der Waals surface area contributed by atoms with Crippen LogP contribution in [0, 0.1) is 6.92 Å². The minimum absolute atomic E-state index is 0.126. The maximum Gasteiger partial charge on any atom is 0.325 e. The molecular formula is C20H20N4O3S. The molecule has 0 saturated heterocycles. The van der Waals surface area contributed by atoms with Crippen LogP contribution in [0.5, 0.6) is 5.75 Å². The fourth-order valence-corrected chi connectivity index (χ4v) is 3.22. The van der Waals surface area contributed by atoms with Crippen LogP contribution < -0.4 is 20.7 Å². The lowest BCUT2D eigenvalue weighted by atomic mass is 10.2. The first-order valence-corrected chi connectivity index (χ1v) is 9.44. The topological polar surface area (TPSA) is 92.3 Å². The summed E-state index contributed by atoms with van der Waals surface area (Å²) in [6, 6.07) is 14.2. The highest BCUT2D eigenvalue weighted by molar-refractivity contribution is 7.14. The fraction of sp³-hybridized carbons (Fsp3) is 0.150. The van der Waals surface area contributed by atoms with Gasteiger partial charge in [-0.2, -0.15) is 0 Å². The zero-order valence-electron chi connectivity index (χ0n) is 15.5. The molecule has 0 atom stereocenters. The van der Waals surface area contributed by atoms with Crippen molar-refractivity contribution in [2.45, 2.75) is 13.3 Å². The average molecular weight is 396 g/mol. The summed E-state index contributed by atoms with van der Waals surface area (Å²) in [4.78, 5) is 28.7. The van der Waals surface area contributed by atoms with Gasteiger partial charge in [-0.05, 0) is 30.7 Å². The third-order valence-electron chi connectivity index (χ3n) is 3.89. The Morgan fingerprint density at radius 1 is 1.00 bits per heavy atom. The van der Waals surface area contributed by atoms with Crippen molar-refractivity contribution >= 4 is 39.8 Å². The molecule has 3 N–H and O–H groups in total. The average Bonchev–Trinajstić information content (AvgIpc) is 3.10. The van der Waals surface area contributed by atoms with Crippen LogP contribution in [0.2, 0.25) is 0 Å². The number of nitrogens with one attached hydrogen (secondary N) is 3. The first kappa shape index (κ1) is 19.4. The highest BCUT2D eigenvalue weighted by Crippen LogP contribution is 2.24. The predicted molar refractivity (Wildman–Crippen MR) is 111 cm³/mol. The molecule has 2 aromatic carbocycles. The van der Waals surface area contributed by atoms with Gasteiger partial charge in [-0.3, -0.25) is 10.1 Å². The summed E-state index contributed by atoms with van der Waals surface area (Å²) < 4.78 is 5.20. The summed E-state index contributed by atoms with van der Waals surface area (Å²) in [5.74, 6) is 0.398. The van der Waals surface area contributed by atoms with Crippen molar-refractivity contribution in [3.05, 3.63) is 65.2 Å². The van der Waals surface area contributed by atoms with Gasteiger partial charge in [0, 0.05) is 11.1 Å². The van der Waals surface area contributed by atoms with Crippen LogP contribution in [0.15, 0.2) is 53.9 Å². The van der Waals surface area contributed by atoms with E-state index in [-0.39, 0.29) is 12.3 Å². The van der Waals surface area contributed by atoms with Crippen LogP contribution >= 0.6 is 11.3 Å². The van der Waals surface area contributed by atoms with Gasteiger partial charge in [0.2, 0.25) is 5.91 Å². The summed E-state index contributed by atoms with van der Waals surface area (Å²) in [6.45, 7) is 1.93. The van der Waals surface area contributed by atoms with Crippen molar-refractivity contribution in [2.75, 3.05) is 23.1 Å². The molecule has 0 aliphatic rings. The van der Waals surface area contributed by atoms with E-state index in [1.807, 2.05) is 37.3 Å². The number of hydrogen-bond acceptors (Lipinski definition) is 5. The molecular weight excluding hydrogens is 376 g/mol. The largest absolute Gasteiger partial charge is 0.495 e. The van der Waals surface area contributed by atoms with Crippen molar-refractivity contribution < 1.29 is 14.3 Å². The van der Waals surface area contributed by atoms with E-state index in [1.165, 1.54) is 18.4 Å². The van der Waals surface area contributed by atoms with Gasteiger partial charge in [0.1, 0.15) is 5.75 Å². The van der Waals surface area contributed by atoms with Crippen molar-refractivity contribution in [1.82, 2.24) is 4.98 Å². The van der Waals surface area contributed by atoms with Gasteiger partial charge in [-0.25, -0.2) is 9.78 Å². The van der Waals surface area contributed by atoms with Crippen molar-refractivity contribution in [3.8, 4) is 5.75 Å². The van der Waals surface area contributed by atoms with Gasteiger partial charge >= 0.3 is 6.03 Å². The molecule has 1 heterocycles. The predicted octanol–water partition coefficient (Wildman–Crippen LogP) is 4.29. The number of aromatic nitrogens is 1. The number of para-hydroxylation sites is 3. The minimum Gasteiger partial charge on any atom is -0.495 e. The van der Waals surface area contributed by atoms with E-state index in [2.05, 4.69) is 20.9 Å². The van der Waals surface area contributed by atoms with E-state index >= 15 is 0 Å². The third kappa shape index (κ3) is 5.08. The molecule has 0 saturated carbocycles. The molecule has 28 heavy (non-hydrogen) atoms. The van der Waals surface area contributed by atoms with Gasteiger partial charge in [-0.1, -0.05) is 30.3 Å². The first-order chi connectivity index (χ1) is 13.5. The van der Waals surface area contributed by atoms with E-state index in [0.717, 1.165) is 11.3 Å². The molecule has 0 unspecified atom stereocenters. The molecule has 1 aromatic heterocycles. The number of thiazole rings is 1.